The molecule has 2 aromatic carbocycles. The Bertz CT molecular complexity index is 842. The van der Waals surface area contributed by atoms with E-state index >= 15 is 0 Å². The van der Waals surface area contributed by atoms with Crippen LogP contribution in [0, 0.1) is 5.82 Å². The van der Waals surface area contributed by atoms with Crippen LogP contribution in [0.5, 0.6) is 0 Å². The number of halogens is 1. The largest absolute Gasteiger partial charge is 0.320 e. The monoisotopic (exact) mass is 366 g/mol. The van der Waals surface area contributed by atoms with Crippen molar-refractivity contribution in [3.63, 3.8) is 0 Å². The second-order valence-corrected chi connectivity index (χ2v) is 6.67. The average Bonchev–Trinajstić information content (AvgIpc) is 3.17. The topological polar surface area (TPSA) is 49.4 Å². The summed E-state index contributed by atoms with van der Waals surface area (Å²) in [7, 11) is 0. The first-order chi connectivity index (χ1) is 13.2. The summed E-state index contributed by atoms with van der Waals surface area (Å²) < 4.78 is 14.4. The molecule has 0 unspecified atom stereocenters. The Morgan fingerprint density at radius 1 is 1.11 bits per heavy atom. The molecule has 4 nitrogen and oxygen atoms in total. The van der Waals surface area contributed by atoms with Crippen LogP contribution in [0.3, 0.4) is 0 Å². The molecule has 0 spiro atoms. The van der Waals surface area contributed by atoms with E-state index < -0.39 is 5.82 Å². The minimum Gasteiger partial charge on any atom is -0.320 e. The summed E-state index contributed by atoms with van der Waals surface area (Å²) >= 11 is 0. The number of rotatable bonds is 7. The molecule has 27 heavy (non-hydrogen) atoms. The fraction of sp³-hybridized carbons (Fsp3) is 0.273. The molecule has 1 saturated heterocycles. The van der Waals surface area contributed by atoms with Crippen LogP contribution in [0.4, 0.5) is 10.1 Å². The Labute approximate surface area is 158 Å². The molecule has 3 rings (SSSR count). The van der Waals surface area contributed by atoms with Gasteiger partial charge in [-0.2, -0.15) is 0 Å². The van der Waals surface area contributed by atoms with Gasteiger partial charge in [0.25, 0.3) is 0 Å². The average molecular weight is 366 g/mol. The van der Waals surface area contributed by atoms with Crippen molar-refractivity contribution in [2.45, 2.75) is 19.3 Å². The van der Waals surface area contributed by atoms with E-state index in [1.165, 1.54) is 25.0 Å². The van der Waals surface area contributed by atoms with Gasteiger partial charge >= 0.3 is 0 Å². The Kier molecular flexibility index (Phi) is 6.49. The summed E-state index contributed by atoms with van der Waals surface area (Å²) in [5.74, 6) is -0.830. The first-order valence-corrected chi connectivity index (χ1v) is 9.18. The molecule has 0 atom stereocenters. The minimum atomic E-state index is -0.491. The number of amides is 1. The third kappa shape index (κ3) is 5.34. The highest BCUT2D eigenvalue weighted by molar-refractivity contribution is 5.99. The van der Waals surface area contributed by atoms with Crippen molar-refractivity contribution >= 4 is 17.9 Å². The summed E-state index contributed by atoms with van der Waals surface area (Å²) in [6.45, 7) is 2.87. The van der Waals surface area contributed by atoms with Crippen molar-refractivity contribution < 1.29 is 14.0 Å². The lowest BCUT2D eigenvalue weighted by molar-refractivity contribution is -0.112. The van der Waals surface area contributed by atoms with Gasteiger partial charge in [0.1, 0.15) is 12.1 Å². The summed E-state index contributed by atoms with van der Waals surface area (Å²) in [6, 6.07) is 12.1. The fourth-order valence-corrected chi connectivity index (χ4v) is 3.22. The molecule has 0 radical (unpaired) electrons. The van der Waals surface area contributed by atoms with E-state index in [9.17, 15) is 14.0 Å². The van der Waals surface area contributed by atoms with Crippen LogP contribution in [0.2, 0.25) is 0 Å². The second kappa shape index (κ2) is 9.24. The number of benzene rings is 2. The van der Waals surface area contributed by atoms with E-state index in [-0.39, 0.29) is 11.6 Å². The summed E-state index contributed by atoms with van der Waals surface area (Å²) in [4.78, 5) is 24.9. The van der Waals surface area contributed by atoms with Gasteiger partial charge in [-0.05, 0) is 54.8 Å². The molecule has 1 amide bonds. The van der Waals surface area contributed by atoms with Crippen molar-refractivity contribution in [2.75, 3.05) is 25.0 Å². The maximum absolute atomic E-state index is 14.4. The summed E-state index contributed by atoms with van der Waals surface area (Å²) in [5, 5.41) is 2.58. The molecule has 1 aliphatic rings. The van der Waals surface area contributed by atoms with Gasteiger partial charge in [-0.1, -0.05) is 36.4 Å². The highest BCUT2D eigenvalue weighted by Crippen LogP contribution is 2.25. The van der Waals surface area contributed by atoms with Gasteiger partial charge in [0.2, 0.25) is 5.91 Å². The first kappa shape index (κ1) is 19.0. The standard InChI is InChI=1S/C22H23FN2O2/c23-20-16-19(18-6-3-5-17(15-18)10-14-26)8-9-21(20)24-22(27)7-4-13-25-11-1-2-12-25/h3-9,14-16H,1-2,10-13H2,(H,24,27)/b7-4+. The predicted molar refractivity (Wildman–Crippen MR) is 105 cm³/mol. The maximum Gasteiger partial charge on any atom is 0.248 e. The third-order valence-electron chi connectivity index (χ3n) is 4.64. The Hall–Kier alpha value is -2.79. The first-order valence-electron chi connectivity index (χ1n) is 9.18. The number of likely N-dealkylation sites (tertiary alicyclic amines) is 1. The predicted octanol–water partition coefficient (Wildman–Crippen LogP) is 3.82. The van der Waals surface area contributed by atoms with Gasteiger partial charge in [-0.3, -0.25) is 9.69 Å². The zero-order chi connectivity index (χ0) is 19.1. The Balaban J connectivity index is 1.64. The molecule has 1 N–H and O–H groups in total. The number of nitrogens with zero attached hydrogens (tertiary/aromatic N) is 1. The van der Waals surface area contributed by atoms with E-state index in [2.05, 4.69) is 10.2 Å². The lowest BCUT2D eigenvalue weighted by Gasteiger charge is -2.10. The van der Waals surface area contributed by atoms with Crippen molar-refractivity contribution in [2.24, 2.45) is 0 Å². The van der Waals surface area contributed by atoms with Gasteiger partial charge < -0.3 is 10.1 Å². The van der Waals surface area contributed by atoms with Gasteiger partial charge in [0, 0.05) is 19.0 Å². The number of hydrogen-bond donors (Lipinski definition) is 1. The lowest BCUT2D eigenvalue weighted by atomic mass is 10.0. The molecule has 140 valence electrons. The van der Waals surface area contributed by atoms with E-state index in [0.717, 1.165) is 37.0 Å². The van der Waals surface area contributed by atoms with Crippen LogP contribution in [0.1, 0.15) is 18.4 Å². The minimum absolute atomic E-state index is 0.151. The molecule has 1 fully saturated rings. The number of aldehydes is 1. The highest BCUT2D eigenvalue weighted by atomic mass is 19.1. The number of hydrogen-bond acceptors (Lipinski definition) is 3. The summed E-state index contributed by atoms with van der Waals surface area (Å²) in [5.41, 5.74) is 2.56. The van der Waals surface area contributed by atoms with Crippen molar-refractivity contribution in [3.8, 4) is 11.1 Å². The SMILES string of the molecule is O=CCc1cccc(-c2ccc(NC(=O)/C=C/CN3CCCC3)c(F)c2)c1. The van der Waals surface area contributed by atoms with Gasteiger partial charge in [0.05, 0.1) is 5.69 Å². The molecule has 0 aromatic heterocycles. The Morgan fingerprint density at radius 2 is 1.89 bits per heavy atom. The number of nitrogens with one attached hydrogen (secondary N) is 1. The second-order valence-electron chi connectivity index (χ2n) is 6.67. The number of carbonyl (C=O) groups excluding carboxylic acids is 2. The fourth-order valence-electron chi connectivity index (χ4n) is 3.22. The van der Waals surface area contributed by atoms with Crippen LogP contribution < -0.4 is 5.32 Å². The van der Waals surface area contributed by atoms with Gasteiger partial charge in [-0.15, -0.1) is 0 Å². The van der Waals surface area contributed by atoms with Crippen molar-refractivity contribution in [3.05, 3.63) is 66.0 Å². The molecule has 1 aliphatic heterocycles. The highest BCUT2D eigenvalue weighted by Gasteiger charge is 2.10. The van der Waals surface area contributed by atoms with Crippen LogP contribution in [-0.4, -0.2) is 36.7 Å². The molecule has 0 saturated carbocycles. The van der Waals surface area contributed by atoms with E-state index in [0.29, 0.717) is 12.0 Å². The third-order valence-corrected chi connectivity index (χ3v) is 4.64. The summed E-state index contributed by atoms with van der Waals surface area (Å²) in [6.07, 6.45) is 6.84. The van der Waals surface area contributed by atoms with Crippen LogP contribution in [0.15, 0.2) is 54.6 Å². The molecular weight excluding hydrogens is 343 g/mol. The smallest absolute Gasteiger partial charge is 0.248 e. The molecular formula is C22H23FN2O2. The zero-order valence-electron chi connectivity index (χ0n) is 15.2. The number of carbonyl (C=O) groups is 2. The quantitative estimate of drug-likeness (QED) is 0.599. The molecule has 1 heterocycles. The number of anilines is 1. The maximum atomic E-state index is 14.4. The normalized spacial score (nSPS) is 14.6. The van der Waals surface area contributed by atoms with Crippen molar-refractivity contribution in [1.82, 2.24) is 4.90 Å². The lowest BCUT2D eigenvalue weighted by Crippen LogP contribution is -2.19. The van der Waals surface area contributed by atoms with Crippen LogP contribution in [0.25, 0.3) is 11.1 Å². The van der Waals surface area contributed by atoms with Crippen molar-refractivity contribution in [1.29, 1.82) is 0 Å². The molecule has 2 aromatic rings. The Morgan fingerprint density at radius 3 is 2.63 bits per heavy atom. The molecule has 0 aliphatic carbocycles. The van der Waals surface area contributed by atoms with E-state index in [1.807, 2.05) is 30.3 Å². The van der Waals surface area contributed by atoms with Gasteiger partial charge in [0.15, 0.2) is 0 Å². The molecule has 5 heteroatoms. The van der Waals surface area contributed by atoms with E-state index in [1.54, 1.807) is 12.1 Å². The van der Waals surface area contributed by atoms with Crippen LogP contribution in [-0.2, 0) is 16.0 Å². The van der Waals surface area contributed by atoms with E-state index in [4.69, 9.17) is 0 Å². The zero-order valence-corrected chi connectivity index (χ0v) is 15.2. The molecule has 0 bridgehead atoms. The van der Waals surface area contributed by atoms with Gasteiger partial charge in [-0.25, -0.2) is 4.39 Å². The van der Waals surface area contributed by atoms with Crippen LogP contribution >= 0.6 is 0 Å².